The molecule has 0 radical (unpaired) electrons. The Balaban J connectivity index is 1.91. The number of fused-ring (bicyclic) bond motifs is 1. The molecule has 1 atom stereocenters. The van der Waals surface area contributed by atoms with Crippen LogP contribution in [0.1, 0.15) is 15.7 Å². The van der Waals surface area contributed by atoms with Gasteiger partial charge in [-0.1, -0.05) is 12.1 Å². The first-order chi connectivity index (χ1) is 10.6. The number of nitrogens with zero attached hydrogens (tertiary/aromatic N) is 1. The SMILES string of the molecule is CN(C)CCc1c[nH]c2cccc(OC(=O)c3ccc[pH]3)c12. The predicted octanol–water partition coefficient (Wildman–Crippen LogP) is 3.52. The highest BCUT2D eigenvalue weighted by Crippen LogP contribution is 2.30. The minimum atomic E-state index is -0.254. The lowest BCUT2D eigenvalue weighted by atomic mass is 10.1. The molecule has 0 saturated carbocycles. The van der Waals surface area contributed by atoms with E-state index >= 15 is 0 Å². The summed E-state index contributed by atoms with van der Waals surface area (Å²) in [5, 5.41) is 1.73. The van der Waals surface area contributed by atoms with E-state index in [0.717, 1.165) is 29.2 Å². The number of likely N-dealkylation sites (N-methyl/N-ethyl adjacent to an activating group) is 1. The number of H-pyrrole nitrogens is 1. The Morgan fingerprint density at radius 1 is 1.27 bits per heavy atom. The van der Waals surface area contributed by atoms with Crippen LogP contribution in [-0.2, 0) is 6.42 Å². The molecule has 1 unspecified atom stereocenters. The van der Waals surface area contributed by atoms with E-state index in [0.29, 0.717) is 13.9 Å². The van der Waals surface area contributed by atoms with Crippen molar-refractivity contribution in [2.24, 2.45) is 0 Å². The highest BCUT2D eigenvalue weighted by molar-refractivity contribution is 7.31. The molecule has 2 heterocycles. The molecule has 0 bridgehead atoms. The third-order valence-electron chi connectivity index (χ3n) is 3.60. The van der Waals surface area contributed by atoms with E-state index in [9.17, 15) is 4.79 Å². The maximum Gasteiger partial charge on any atom is 0.347 e. The standard InChI is InChI=1S/C17H19N2O2P/c1-19(2)9-8-12-11-18-13-5-3-6-14(16(12)13)21-17(20)15-7-4-10-22-15/h3-7,10-11,18,22H,8-9H2,1-2H3. The molecule has 114 valence electrons. The number of hydrogen-bond donors (Lipinski definition) is 1. The summed E-state index contributed by atoms with van der Waals surface area (Å²) in [5.41, 5.74) is 2.17. The lowest BCUT2D eigenvalue weighted by molar-refractivity contribution is 0.0742. The fraction of sp³-hybridized carbons (Fsp3) is 0.235. The molecule has 22 heavy (non-hydrogen) atoms. The Kier molecular flexibility index (Phi) is 4.32. The number of benzene rings is 1. The van der Waals surface area contributed by atoms with E-state index in [1.54, 1.807) is 0 Å². The Labute approximate surface area is 131 Å². The zero-order chi connectivity index (χ0) is 15.5. The van der Waals surface area contributed by atoms with Gasteiger partial charge in [-0.2, -0.15) is 0 Å². The average Bonchev–Trinajstić information content (AvgIpc) is 3.15. The van der Waals surface area contributed by atoms with Crippen molar-refractivity contribution in [2.45, 2.75) is 6.42 Å². The highest BCUT2D eigenvalue weighted by Gasteiger charge is 2.14. The van der Waals surface area contributed by atoms with E-state index in [2.05, 4.69) is 24.0 Å². The molecule has 3 rings (SSSR count). The lowest BCUT2D eigenvalue weighted by Crippen LogP contribution is -2.15. The van der Waals surface area contributed by atoms with Crippen molar-refractivity contribution in [2.75, 3.05) is 20.6 Å². The van der Waals surface area contributed by atoms with Gasteiger partial charge in [0.1, 0.15) is 5.75 Å². The first-order valence-electron chi connectivity index (χ1n) is 7.24. The van der Waals surface area contributed by atoms with Gasteiger partial charge in [0.2, 0.25) is 0 Å². The average molecular weight is 314 g/mol. The first-order valence-corrected chi connectivity index (χ1v) is 8.32. The van der Waals surface area contributed by atoms with Crippen LogP contribution in [0.15, 0.2) is 42.3 Å². The first kappa shape index (κ1) is 14.9. The summed E-state index contributed by atoms with van der Waals surface area (Å²) in [6.07, 6.45) is 2.91. The molecule has 1 aromatic carbocycles. The monoisotopic (exact) mass is 314 g/mol. The number of nitrogens with one attached hydrogen (secondary N) is 1. The van der Waals surface area contributed by atoms with E-state index in [-0.39, 0.29) is 5.97 Å². The van der Waals surface area contributed by atoms with Crippen LogP contribution in [0, 0.1) is 0 Å². The second-order valence-corrected chi connectivity index (χ2v) is 6.68. The summed E-state index contributed by atoms with van der Waals surface area (Å²) in [6.45, 7) is 0.950. The number of carbonyl (C=O) groups excluding carboxylic acids is 1. The van der Waals surface area contributed by atoms with Crippen molar-refractivity contribution in [1.29, 1.82) is 0 Å². The molecular weight excluding hydrogens is 295 g/mol. The molecule has 4 nitrogen and oxygen atoms in total. The largest absolute Gasteiger partial charge is 0.422 e. The minimum absolute atomic E-state index is 0.254. The maximum absolute atomic E-state index is 12.2. The Morgan fingerprint density at radius 2 is 2.14 bits per heavy atom. The van der Waals surface area contributed by atoms with Crippen LogP contribution in [0.25, 0.3) is 10.9 Å². The quantitative estimate of drug-likeness (QED) is 0.579. The van der Waals surface area contributed by atoms with Crippen LogP contribution in [-0.4, -0.2) is 36.5 Å². The van der Waals surface area contributed by atoms with Gasteiger partial charge in [0.15, 0.2) is 0 Å². The second-order valence-electron chi connectivity index (χ2n) is 5.52. The third kappa shape index (κ3) is 3.08. The summed E-state index contributed by atoms with van der Waals surface area (Å²) >= 11 is 0. The van der Waals surface area contributed by atoms with Gasteiger partial charge in [0.25, 0.3) is 0 Å². The Bertz CT molecular complexity index is 775. The fourth-order valence-electron chi connectivity index (χ4n) is 2.46. The van der Waals surface area contributed by atoms with Crippen molar-refractivity contribution in [1.82, 2.24) is 9.88 Å². The maximum atomic E-state index is 12.2. The molecule has 3 aromatic rings. The van der Waals surface area contributed by atoms with Crippen LogP contribution in [0.5, 0.6) is 5.75 Å². The van der Waals surface area contributed by atoms with Crippen LogP contribution in [0.4, 0.5) is 0 Å². The molecule has 1 N–H and O–H groups in total. The van der Waals surface area contributed by atoms with Crippen LogP contribution in [0.2, 0.25) is 0 Å². The minimum Gasteiger partial charge on any atom is -0.422 e. The molecule has 0 aliphatic carbocycles. The van der Waals surface area contributed by atoms with Crippen molar-refractivity contribution in [3.05, 3.63) is 53.2 Å². The van der Waals surface area contributed by atoms with Gasteiger partial charge < -0.3 is 14.6 Å². The number of ether oxygens (including phenoxy) is 1. The number of esters is 1. The molecule has 0 saturated heterocycles. The highest BCUT2D eigenvalue weighted by atomic mass is 31.0. The molecule has 2 aromatic heterocycles. The molecule has 0 fully saturated rings. The second kappa shape index (κ2) is 6.39. The number of hydrogen-bond acceptors (Lipinski definition) is 3. The van der Waals surface area contributed by atoms with Crippen molar-refractivity contribution >= 4 is 25.1 Å². The van der Waals surface area contributed by atoms with Crippen molar-refractivity contribution < 1.29 is 9.53 Å². The summed E-state index contributed by atoms with van der Waals surface area (Å²) in [5.74, 6) is 2.36. The van der Waals surface area contributed by atoms with E-state index < -0.39 is 0 Å². The van der Waals surface area contributed by atoms with Crippen LogP contribution in [0.3, 0.4) is 0 Å². The number of rotatable bonds is 5. The van der Waals surface area contributed by atoms with Gasteiger partial charge in [0.05, 0.1) is 5.30 Å². The normalized spacial score (nSPS) is 11.6. The summed E-state index contributed by atoms with van der Waals surface area (Å²) in [6, 6.07) is 9.49. The van der Waals surface area contributed by atoms with Gasteiger partial charge in [0, 0.05) is 23.6 Å². The zero-order valence-corrected chi connectivity index (χ0v) is 13.7. The van der Waals surface area contributed by atoms with E-state index in [1.807, 2.05) is 42.3 Å². The number of carbonyl (C=O) groups is 1. The predicted molar refractivity (Wildman–Crippen MR) is 91.5 cm³/mol. The zero-order valence-electron chi connectivity index (χ0n) is 12.7. The number of aromatic nitrogens is 1. The Hall–Kier alpha value is -2.03. The van der Waals surface area contributed by atoms with Crippen molar-refractivity contribution in [3.8, 4) is 5.75 Å². The van der Waals surface area contributed by atoms with Crippen molar-refractivity contribution in [3.63, 3.8) is 0 Å². The molecule has 0 amide bonds. The fourth-order valence-corrected chi connectivity index (χ4v) is 3.19. The Morgan fingerprint density at radius 3 is 2.86 bits per heavy atom. The lowest BCUT2D eigenvalue weighted by Gasteiger charge is -2.10. The molecule has 5 heteroatoms. The molecule has 0 aliphatic heterocycles. The smallest absolute Gasteiger partial charge is 0.347 e. The van der Waals surface area contributed by atoms with Gasteiger partial charge in [-0.25, -0.2) is 4.79 Å². The topological polar surface area (TPSA) is 45.3 Å². The third-order valence-corrected chi connectivity index (χ3v) is 4.64. The summed E-state index contributed by atoms with van der Waals surface area (Å²) in [7, 11) is 4.51. The molecular formula is C17H19N2O2P. The van der Waals surface area contributed by atoms with Gasteiger partial charge in [-0.15, -0.1) is 8.19 Å². The molecule has 0 spiro atoms. The van der Waals surface area contributed by atoms with E-state index in [1.165, 1.54) is 5.56 Å². The van der Waals surface area contributed by atoms with E-state index in [4.69, 9.17) is 4.74 Å². The van der Waals surface area contributed by atoms with Gasteiger partial charge in [-0.3, -0.25) is 0 Å². The van der Waals surface area contributed by atoms with Gasteiger partial charge in [-0.05, 0) is 50.1 Å². The van der Waals surface area contributed by atoms with Crippen LogP contribution >= 0.6 is 8.19 Å². The number of aromatic amines is 1. The van der Waals surface area contributed by atoms with Gasteiger partial charge >= 0.3 is 5.97 Å². The van der Waals surface area contributed by atoms with Crippen LogP contribution < -0.4 is 4.74 Å². The summed E-state index contributed by atoms with van der Waals surface area (Å²) < 4.78 is 5.64. The molecule has 0 aliphatic rings. The summed E-state index contributed by atoms with van der Waals surface area (Å²) in [4.78, 5) is 17.6.